The minimum Gasteiger partial charge on any atom is -0.296 e. The van der Waals surface area contributed by atoms with Crippen LogP contribution in [0, 0.1) is 4.77 Å². The molecule has 0 spiro atoms. The van der Waals surface area contributed by atoms with E-state index in [-0.39, 0.29) is 0 Å². The molecule has 2 unspecified atom stereocenters. The van der Waals surface area contributed by atoms with Crippen LogP contribution in [0.1, 0.15) is 32.2 Å². The number of H-pyrrole nitrogens is 1. The summed E-state index contributed by atoms with van der Waals surface area (Å²) >= 11 is 7.50. The predicted octanol–water partition coefficient (Wildman–Crippen LogP) is 3.85. The first-order valence-electron chi connectivity index (χ1n) is 7.00. The fourth-order valence-corrected chi connectivity index (χ4v) is 4.43. The number of thioether (sulfide) groups is 1. The lowest BCUT2D eigenvalue weighted by atomic mass is 10.2. The van der Waals surface area contributed by atoms with Gasteiger partial charge in [-0.2, -0.15) is 16.9 Å². The molecular weight excluding hydrogens is 288 g/mol. The summed E-state index contributed by atoms with van der Waals surface area (Å²) in [6.45, 7) is 2.22. The molecule has 20 heavy (non-hydrogen) atoms. The van der Waals surface area contributed by atoms with Gasteiger partial charge >= 0.3 is 0 Å². The van der Waals surface area contributed by atoms with Gasteiger partial charge in [0.15, 0.2) is 10.6 Å². The zero-order valence-electron chi connectivity index (χ0n) is 11.5. The molecule has 1 saturated carbocycles. The monoisotopic (exact) mass is 306 g/mol. The highest BCUT2D eigenvalue weighted by atomic mass is 32.2. The van der Waals surface area contributed by atoms with E-state index < -0.39 is 0 Å². The number of aromatic nitrogens is 4. The van der Waals surface area contributed by atoms with Crippen molar-refractivity contribution in [3.8, 4) is 11.4 Å². The largest absolute Gasteiger partial charge is 0.296 e. The first-order chi connectivity index (χ1) is 9.81. The van der Waals surface area contributed by atoms with Crippen LogP contribution in [0.5, 0.6) is 0 Å². The van der Waals surface area contributed by atoms with Crippen LogP contribution in [0.25, 0.3) is 11.4 Å². The van der Waals surface area contributed by atoms with Gasteiger partial charge in [0.2, 0.25) is 0 Å². The molecule has 1 aliphatic carbocycles. The van der Waals surface area contributed by atoms with Crippen LogP contribution in [-0.4, -0.2) is 30.8 Å². The van der Waals surface area contributed by atoms with Crippen LogP contribution in [0.3, 0.4) is 0 Å². The van der Waals surface area contributed by atoms with Crippen LogP contribution >= 0.6 is 24.0 Å². The van der Waals surface area contributed by atoms with Gasteiger partial charge in [0.1, 0.15) is 0 Å². The van der Waals surface area contributed by atoms with Crippen molar-refractivity contribution in [1.82, 2.24) is 19.7 Å². The Morgan fingerprint density at radius 3 is 3.15 bits per heavy atom. The summed E-state index contributed by atoms with van der Waals surface area (Å²) in [7, 11) is 0. The SMILES string of the molecule is CCSC1CCCC1n1c(-c2cccnc2)n[nH]c1=S. The molecule has 1 fully saturated rings. The lowest BCUT2D eigenvalue weighted by molar-refractivity contribution is 0.526. The Balaban J connectivity index is 2.01. The van der Waals surface area contributed by atoms with E-state index >= 15 is 0 Å². The van der Waals surface area contributed by atoms with Crippen molar-refractivity contribution in [2.45, 2.75) is 37.5 Å². The Labute approximate surface area is 128 Å². The summed E-state index contributed by atoms with van der Waals surface area (Å²) in [5.74, 6) is 2.06. The maximum absolute atomic E-state index is 5.46. The molecule has 6 heteroatoms. The van der Waals surface area contributed by atoms with Gasteiger partial charge in [-0.25, -0.2) is 0 Å². The predicted molar refractivity (Wildman–Crippen MR) is 85.5 cm³/mol. The highest BCUT2D eigenvalue weighted by Crippen LogP contribution is 2.40. The topological polar surface area (TPSA) is 46.5 Å². The molecule has 2 aromatic rings. The Morgan fingerprint density at radius 1 is 1.50 bits per heavy atom. The molecule has 0 saturated heterocycles. The smallest absolute Gasteiger partial charge is 0.195 e. The Bertz CT molecular complexity index is 620. The molecule has 0 aliphatic heterocycles. The normalized spacial score (nSPS) is 22.2. The van der Waals surface area contributed by atoms with E-state index in [9.17, 15) is 0 Å². The average Bonchev–Trinajstić information content (AvgIpc) is 3.06. The summed E-state index contributed by atoms with van der Waals surface area (Å²) in [4.78, 5) is 4.19. The van der Waals surface area contributed by atoms with Crippen molar-refractivity contribution >= 4 is 24.0 Å². The maximum atomic E-state index is 5.46. The molecule has 3 rings (SSSR count). The lowest BCUT2D eigenvalue weighted by Crippen LogP contribution is -2.17. The lowest BCUT2D eigenvalue weighted by Gasteiger charge is -2.21. The molecule has 2 heterocycles. The summed E-state index contributed by atoms with van der Waals surface area (Å²) in [6, 6.07) is 4.41. The molecule has 2 aromatic heterocycles. The van der Waals surface area contributed by atoms with Crippen molar-refractivity contribution in [1.29, 1.82) is 0 Å². The molecule has 0 aromatic carbocycles. The summed E-state index contributed by atoms with van der Waals surface area (Å²) in [5.41, 5.74) is 1.02. The van der Waals surface area contributed by atoms with Crippen molar-refractivity contribution in [3.05, 3.63) is 29.3 Å². The third-order valence-corrected chi connectivity index (χ3v) is 5.35. The summed E-state index contributed by atoms with van der Waals surface area (Å²) in [6.07, 6.45) is 7.34. The Hall–Kier alpha value is -1.14. The maximum Gasteiger partial charge on any atom is 0.195 e. The first-order valence-corrected chi connectivity index (χ1v) is 8.46. The Morgan fingerprint density at radius 2 is 2.40 bits per heavy atom. The van der Waals surface area contributed by atoms with Crippen molar-refractivity contribution in [2.75, 3.05) is 5.75 Å². The number of rotatable bonds is 4. The van der Waals surface area contributed by atoms with Gasteiger partial charge in [-0.05, 0) is 42.9 Å². The molecular formula is C14H18N4S2. The van der Waals surface area contributed by atoms with E-state index in [2.05, 4.69) is 26.7 Å². The second kappa shape index (κ2) is 6.10. The molecule has 106 valence electrons. The molecule has 0 amide bonds. The summed E-state index contributed by atoms with van der Waals surface area (Å²) in [5, 5.41) is 8.01. The number of pyridine rings is 1. The fourth-order valence-electron chi connectivity index (χ4n) is 2.92. The van der Waals surface area contributed by atoms with Gasteiger partial charge < -0.3 is 0 Å². The van der Waals surface area contributed by atoms with Crippen molar-refractivity contribution in [3.63, 3.8) is 0 Å². The fraction of sp³-hybridized carbons (Fsp3) is 0.500. The van der Waals surface area contributed by atoms with E-state index in [1.54, 1.807) is 6.20 Å². The van der Waals surface area contributed by atoms with E-state index in [0.717, 1.165) is 21.9 Å². The van der Waals surface area contributed by atoms with E-state index in [1.807, 2.05) is 30.1 Å². The standard InChI is InChI=1S/C14H18N4S2/c1-2-20-12-7-3-6-11(12)18-13(16-17-14(18)19)10-5-4-8-15-9-10/h4-5,8-9,11-12H,2-3,6-7H2,1H3,(H,17,19). The number of nitrogens with zero attached hydrogens (tertiary/aromatic N) is 3. The molecule has 0 radical (unpaired) electrons. The quantitative estimate of drug-likeness (QED) is 0.872. The van der Waals surface area contributed by atoms with E-state index in [4.69, 9.17) is 12.2 Å². The van der Waals surface area contributed by atoms with Gasteiger partial charge in [0, 0.05) is 29.2 Å². The van der Waals surface area contributed by atoms with Crippen LogP contribution < -0.4 is 0 Å². The molecule has 1 N–H and O–H groups in total. The number of nitrogens with one attached hydrogen (secondary N) is 1. The minimum atomic E-state index is 0.446. The number of hydrogen-bond acceptors (Lipinski definition) is 4. The van der Waals surface area contributed by atoms with Gasteiger partial charge in [-0.15, -0.1) is 0 Å². The van der Waals surface area contributed by atoms with Gasteiger partial charge in [-0.3, -0.25) is 14.6 Å². The van der Waals surface area contributed by atoms with Crippen molar-refractivity contribution in [2.24, 2.45) is 0 Å². The second-order valence-electron chi connectivity index (χ2n) is 4.96. The third kappa shape index (κ3) is 2.54. The van der Waals surface area contributed by atoms with E-state index in [1.165, 1.54) is 19.3 Å². The number of aromatic amines is 1. The van der Waals surface area contributed by atoms with Crippen LogP contribution in [0.15, 0.2) is 24.5 Å². The number of hydrogen-bond donors (Lipinski definition) is 1. The molecule has 1 aliphatic rings. The van der Waals surface area contributed by atoms with Gasteiger partial charge in [0.25, 0.3) is 0 Å². The van der Waals surface area contributed by atoms with Gasteiger partial charge in [0.05, 0.1) is 0 Å². The van der Waals surface area contributed by atoms with Crippen LogP contribution in [0.2, 0.25) is 0 Å². The Kier molecular flexibility index (Phi) is 4.21. The minimum absolute atomic E-state index is 0.446. The summed E-state index contributed by atoms with van der Waals surface area (Å²) < 4.78 is 2.92. The van der Waals surface area contributed by atoms with Crippen LogP contribution in [-0.2, 0) is 0 Å². The highest BCUT2D eigenvalue weighted by Gasteiger charge is 2.31. The van der Waals surface area contributed by atoms with Gasteiger partial charge in [-0.1, -0.05) is 13.3 Å². The van der Waals surface area contributed by atoms with E-state index in [0.29, 0.717) is 11.3 Å². The third-order valence-electron chi connectivity index (χ3n) is 3.75. The first kappa shape index (κ1) is 13.8. The molecule has 2 atom stereocenters. The zero-order valence-corrected chi connectivity index (χ0v) is 13.1. The highest BCUT2D eigenvalue weighted by molar-refractivity contribution is 7.99. The zero-order chi connectivity index (χ0) is 13.9. The molecule has 4 nitrogen and oxygen atoms in total. The second-order valence-corrected chi connectivity index (χ2v) is 6.86. The van der Waals surface area contributed by atoms with Crippen molar-refractivity contribution < 1.29 is 0 Å². The average molecular weight is 306 g/mol. The molecule has 0 bridgehead atoms. The van der Waals surface area contributed by atoms with Crippen LogP contribution in [0.4, 0.5) is 0 Å².